The summed E-state index contributed by atoms with van der Waals surface area (Å²) in [6.07, 6.45) is 0.974. The molecule has 1 heterocycles. The number of benzene rings is 1. The lowest BCUT2D eigenvalue weighted by Gasteiger charge is -2.14. The number of hydrogen-bond acceptors (Lipinski definition) is 3. The van der Waals surface area contributed by atoms with Crippen molar-refractivity contribution in [2.24, 2.45) is 5.92 Å². The molecule has 1 N–H and O–H groups in total. The van der Waals surface area contributed by atoms with E-state index in [1.54, 1.807) is 7.11 Å². The van der Waals surface area contributed by atoms with E-state index in [1.165, 1.54) is 5.56 Å². The Morgan fingerprint density at radius 2 is 2.05 bits per heavy atom. The number of pyridine rings is 1. The summed E-state index contributed by atoms with van der Waals surface area (Å²) in [5.41, 5.74) is 4.39. The Hall–Kier alpha value is -1.77. The van der Waals surface area contributed by atoms with Crippen LogP contribution in [0, 0.1) is 12.8 Å². The van der Waals surface area contributed by atoms with Crippen LogP contribution in [0.25, 0.3) is 10.9 Å². The fourth-order valence-electron chi connectivity index (χ4n) is 2.42. The van der Waals surface area contributed by atoms with Crippen LogP contribution in [0.4, 0.5) is 5.69 Å². The van der Waals surface area contributed by atoms with Crippen LogP contribution >= 0.6 is 0 Å². The molecule has 0 unspecified atom stereocenters. The molecule has 3 nitrogen and oxygen atoms in total. The molecule has 0 saturated heterocycles. The molecule has 0 spiro atoms. The number of aromatic nitrogens is 1. The Balaban J connectivity index is 2.72. The third-order valence-electron chi connectivity index (χ3n) is 3.29. The highest BCUT2D eigenvalue weighted by atomic mass is 16.5. The van der Waals surface area contributed by atoms with E-state index in [4.69, 9.17) is 9.72 Å². The van der Waals surface area contributed by atoms with Crippen molar-refractivity contribution >= 4 is 16.6 Å². The van der Waals surface area contributed by atoms with Gasteiger partial charge in [0.1, 0.15) is 11.3 Å². The zero-order chi connectivity index (χ0) is 14.0. The lowest BCUT2D eigenvalue weighted by Crippen LogP contribution is -2.02. The minimum atomic E-state index is 0.588. The quantitative estimate of drug-likeness (QED) is 0.906. The van der Waals surface area contributed by atoms with E-state index in [0.29, 0.717) is 5.92 Å². The molecule has 3 heteroatoms. The lowest BCUT2D eigenvalue weighted by atomic mass is 10.0. The summed E-state index contributed by atoms with van der Waals surface area (Å²) in [7, 11) is 3.65. The van der Waals surface area contributed by atoms with E-state index in [1.807, 2.05) is 13.1 Å². The third kappa shape index (κ3) is 2.65. The number of nitrogens with one attached hydrogen (secondary N) is 1. The predicted octanol–water partition coefficient (Wildman–Crippen LogP) is 3.79. The first kappa shape index (κ1) is 13.7. The summed E-state index contributed by atoms with van der Waals surface area (Å²) in [5.74, 6) is 1.42. The molecular weight excluding hydrogens is 236 g/mol. The summed E-state index contributed by atoms with van der Waals surface area (Å²) in [6.45, 7) is 6.52. The van der Waals surface area contributed by atoms with Crippen molar-refractivity contribution in [3.05, 3.63) is 29.5 Å². The highest BCUT2D eigenvalue weighted by Crippen LogP contribution is 2.33. The second kappa shape index (κ2) is 5.47. The minimum absolute atomic E-state index is 0.588. The van der Waals surface area contributed by atoms with Crippen LogP contribution in [0.3, 0.4) is 0 Å². The summed E-state index contributed by atoms with van der Waals surface area (Å²) in [4.78, 5) is 4.79. The molecule has 0 amide bonds. The molecule has 0 aliphatic heterocycles. The topological polar surface area (TPSA) is 34.2 Å². The highest BCUT2D eigenvalue weighted by molar-refractivity contribution is 5.97. The number of aryl methyl sites for hydroxylation is 1. The van der Waals surface area contributed by atoms with Gasteiger partial charge < -0.3 is 10.1 Å². The Bertz CT molecular complexity index is 591. The maximum absolute atomic E-state index is 5.45. The number of anilines is 1. The lowest BCUT2D eigenvalue weighted by molar-refractivity contribution is 0.418. The molecule has 2 aromatic rings. The number of nitrogens with zero attached hydrogens (tertiary/aromatic N) is 1. The first-order valence-corrected chi connectivity index (χ1v) is 6.71. The summed E-state index contributed by atoms with van der Waals surface area (Å²) in [5, 5.41) is 4.43. The van der Waals surface area contributed by atoms with Crippen LogP contribution in [0.5, 0.6) is 5.75 Å². The standard InChI is InChI=1S/C16H22N2O/c1-10(2)8-12-9-13(17-4)15-11(3)6-7-14(19-5)16(15)18-12/h6-7,9-10H,8H2,1-5H3,(H,17,18). The zero-order valence-corrected chi connectivity index (χ0v) is 12.4. The van der Waals surface area contributed by atoms with Crippen LogP contribution in [0.2, 0.25) is 0 Å². The molecule has 1 aromatic carbocycles. The maximum Gasteiger partial charge on any atom is 0.145 e. The molecular formula is C16H22N2O. The average Bonchev–Trinajstić information content (AvgIpc) is 2.37. The van der Waals surface area contributed by atoms with Crippen LogP contribution in [-0.2, 0) is 6.42 Å². The first-order chi connectivity index (χ1) is 9.06. The van der Waals surface area contributed by atoms with E-state index in [9.17, 15) is 0 Å². The van der Waals surface area contributed by atoms with Crippen molar-refractivity contribution in [1.29, 1.82) is 0 Å². The van der Waals surface area contributed by atoms with Gasteiger partial charge in [0, 0.05) is 23.8 Å². The van der Waals surface area contributed by atoms with Crippen LogP contribution < -0.4 is 10.1 Å². The molecule has 0 radical (unpaired) electrons. The van der Waals surface area contributed by atoms with Crippen molar-refractivity contribution in [2.45, 2.75) is 27.2 Å². The van der Waals surface area contributed by atoms with Crippen LogP contribution in [0.15, 0.2) is 18.2 Å². The SMILES string of the molecule is CNc1cc(CC(C)C)nc2c(OC)ccc(C)c12. The monoisotopic (exact) mass is 258 g/mol. The van der Waals surface area contributed by atoms with Gasteiger partial charge in [0.25, 0.3) is 0 Å². The van der Waals surface area contributed by atoms with Crippen molar-refractivity contribution in [1.82, 2.24) is 4.98 Å². The number of methoxy groups -OCH3 is 1. The number of hydrogen-bond donors (Lipinski definition) is 1. The molecule has 0 aliphatic carbocycles. The molecule has 102 valence electrons. The van der Waals surface area contributed by atoms with Gasteiger partial charge in [-0.15, -0.1) is 0 Å². The molecule has 0 fully saturated rings. The summed E-state index contributed by atoms with van der Waals surface area (Å²) >= 11 is 0. The van der Waals surface area contributed by atoms with Gasteiger partial charge in [0.05, 0.1) is 7.11 Å². The molecule has 0 atom stereocenters. The maximum atomic E-state index is 5.45. The Labute approximate surface area is 115 Å². The van der Waals surface area contributed by atoms with Gasteiger partial charge in [-0.2, -0.15) is 0 Å². The summed E-state index contributed by atoms with van der Waals surface area (Å²) in [6, 6.07) is 6.21. The average molecular weight is 258 g/mol. The van der Waals surface area contributed by atoms with E-state index in [-0.39, 0.29) is 0 Å². The number of rotatable bonds is 4. The van der Waals surface area contributed by atoms with Crippen molar-refractivity contribution < 1.29 is 4.74 Å². The van der Waals surface area contributed by atoms with E-state index < -0.39 is 0 Å². The fourth-order valence-corrected chi connectivity index (χ4v) is 2.42. The van der Waals surface area contributed by atoms with Gasteiger partial charge in [0.15, 0.2) is 0 Å². The summed E-state index contributed by atoms with van der Waals surface area (Å²) < 4.78 is 5.45. The van der Waals surface area contributed by atoms with Crippen molar-refractivity contribution in [2.75, 3.05) is 19.5 Å². The van der Waals surface area contributed by atoms with Gasteiger partial charge >= 0.3 is 0 Å². The second-order valence-electron chi connectivity index (χ2n) is 5.32. The Morgan fingerprint density at radius 3 is 2.63 bits per heavy atom. The number of fused-ring (bicyclic) bond motifs is 1. The van der Waals surface area contributed by atoms with Crippen molar-refractivity contribution in [3.63, 3.8) is 0 Å². The number of ether oxygens (including phenoxy) is 1. The smallest absolute Gasteiger partial charge is 0.145 e. The highest BCUT2D eigenvalue weighted by Gasteiger charge is 2.12. The van der Waals surface area contributed by atoms with Crippen LogP contribution in [-0.4, -0.2) is 19.1 Å². The molecule has 2 rings (SSSR count). The van der Waals surface area contributed by atoms with Gasteiger partial charge in [-0.25, -0.2) is 4.98 Å². The Morgan fingerprint density at radius 1 is 1.32 bits per heavy atom. The zero-order valence-electron chi connectivity index (χ0n) is 12.4. The van der Waals surface area contributed by atoms with Crippen molar-refractivity contribution in [3.8, 4) is 5.75 Å². The van der Waals surface area contributed by atoms with E-state index in [2.05, 4.69) is 38.2 Å². The van der Waals surface area contributed by atoms with Gasteiger partial charge in [-0.05, 0) is 37.0 Å². The predicted molar refractivity (Wildman–Crippen MR) is 81.1 cm³/mol. The molecule has 0 saturated carbocycles. The first-order valence-electron chi connectivity index (χ1n) is 6.71. The second-order valence-corrected chi connectivity index (χ2v) is 5.32. The molecule has 19 heavy (non-hydrogen) atoms. The minimum Gasteiger partial charge on any atom is -0.494 e. The Kier molecular flexibility index (Phi) is 3.93. The largest absolute Gasteiger partial charge is 0.494 e. The van der Waals surface area contributed by atoms with E-state index >= 15 is 0 Å². The van der Waals surface area contributed by atoms with Gasteiger partial charge in [-0.3, -0.25) is 0 Å². The van der Waals surface area contributed by atoms with Gasteiger partial charge in [0.2, 0.25) is 0 Å². The fraction of sp³-hybridized carbons (Fsp3) is 0.438. The third-order valence-corrected chi connectivity index (χ3v) is 3.29. The molecule has 0 aliphatic rings. The normalized spacial score (nSPS) is 11.1. The van der Waals surface area contributed by atoms with Crippen LogP contribution in [0.1, 0.15) is 25.1 Å². The molecule has 0 bridgehead atoms. The molecule has 1 aromatic heterocycles. The van der Waals surface area contributed by atoms with Gasteiger partial charge in [-0.1, -0.05) is 19.9 Å². The van der Waals surface area contributed by atoms with E-state index in [0.717, 1.165) is 34.5 Å².